The van der Waals surface area contributed by atoms with Crippen molar-refractivity contribution in [1.82, 2.24) is 4.90 Å². The molecule has 3 heteroatoms. The normalized spacial score (nSPS) is 26.2. The Balaban J connectivity index is 2.48. The number of hydrogen-bond donors (Lipinski definition) is 0. The molecule has 76 valence electrons. The predicted molar refractivity (Wildman–Crippen MR) is 58.8 cm³/mol. The van der Waals surface area contributed by atoms with Crippen molar-refractivity contribution in [1.29, 1.82) is 0 Å². The summed E-state index contributed by atoms with van der Waals surface area (Å²) in [7, 11) is 2.16. The fraction of sp³-hybridized carbons (Fsp3) is 1.00. The Bertz CT molecular complexity index is 161. The molecule has 0 aliphatic carbocycles. The number of morpholine rings is 1. The van der Waals surface area contributed by atoms with Gasteiger partial charge in [0.2, 0.25) is 0 Å². The van der Waals surface area contributed by atoms with E-state index >= 15 is 0 Å². The zero-order valence-electron chi connectivity index (χ0n) is 9.47. The monoisotopic (exact) mass is 183 g/mol. The molecule has 0 aromatic heterocycles. The standard InChI is InChI=1S/C10H22BNO/c1-4-5-10(2,3)12-6-7-13-9(11)8-12/h9H,4-8,11H2,1-3H3. The second-order valence-electron chi connectivity index (χ2n) is 4.69. The van der Waals surface area contributed by atoms with Crippen molar-refractivity contribution in [3.63, 3.8) is 0 Å². The van der Waals surface area contributed by atoms with Crippen molar-refractivity contribution < 1.29 is 4.74 Å². The Morgan fingerprint density at radius 3 is 2.77 bits per heavy atom. The Morgan fingerprint density at radius 2 is 2.23 bits per heavy atom. The largest absolute Gasteiger partial charge is 0.385 e. The molecular formula is C10H22BNO. The van der Waals surface area contributed by atoms with Gasteiger partial charge >= 0.3 is 0 Å². The van der Waals surface area contributed by atoms with Crippen LogP contribution in [0.2, 0.25) is 0 Å². The molecule has 1 saturated heterocycles. The second-order valence-corrected chi connectivity index (χ2v) is 4.69. The highest BCUT2D eigenvalue weighted by Crippen LogP contribution is 2.22. The van der Waals surface area contributed by atoms with Crippen molar-refractivity contribution in [2.75, 3.05) is 19.7 Å². The van der Waals surface area contributed by atoms with Gasteiger partial charge in [0.25, 0.3) is 0 Å². The van der Waals surface area contributed by atoms with Crippen molar-refractivity contribution in [3.05, 3.63) is 0 Å². The lowest BCUT2D eigenvalue weighted by atomic mass is 9.91. The van der Waals surface area contributed by atoms with Gasteiger partial charge in [-0.2, -0.15) is 0 Å². The van der Waals surface area contributed by atoms with Crippen LogP contribution in [0.1, 0.15) is 33.6 Å². The van der Waals surface area contributed by atoms with E-state index in [1.54, 1.807) is 0 Å². The number of nitrogens with zero attached hydrogens (tertiary/aromatic N) is 1. The molecule has 1 fully saturated rings. The fourth-order valence-corrected chi connectivity index (χ4v) is 2.14. The summed E-state index contributed by atoms with van der Waals surface area (Å²) in [5, 5.41) is 0. The highest BCUT2D eigenvalue weighted by atomic mass is 16.5. The predicted octanol–water partition coefficient (Wildman–Crippen LogP) is 0.856. The van der Waals surface area contributed by atoms with E-state index in [0.29, 0.717) is 11.5 Å². The highest BCUT2D eigenvalue weighted by molar-refractivity contribution is 6.11. The lowest BCUT2D eigenvalue weighted by Crippen LogP contribution is -2.52. The molecule has 13 heavy (non-hydrogen) atoms. The molecular weight excluding hydrogens is 161 g/mol. The van der Waals surface area contributed by atoms with E-state index in [1.165, 1.54) is 12.8 Å². The number of ether oxygens (including phenoxy) is 1. The summed E-state index contributed by atoms with van der Waals surface area (Å²) in [6, 6.07) is 0.407. The van der Waals surface area contributed by atoms with Crippen LogP contribution in [-0.2, 0) is 4.74 Å². The Labute approximate surface area is 83.0 Å². The van der Waals surface area contributed by atoms with Gasteiger partial charge in [-0.3, -0.25) is 4.90 Å². The summed E-state index contributed by atoms with van der Waals surface area (Å²) in [4.78, 5) is 2.56. The summed E-state index contributed by atoms with van der Waals surface area (Å²) >= 11 is 0. The topological polar surface area (TPSA) is 12.5 Å². The molecule has 1 aliphatic rings. The molecule has 1 atom stereocenters. The van der Waals surface area contributed by atoms with Crippen LogP contribution in [-0.4, -0.2) is 44.0 Å². The van der Waals surface area contributed by atoms with Crippen LogP contribution in [0.15, 0.2) is 0 Å². The minimum Gasteiger partial charge on any atom is -0.385 e. The molecule has 2 nitrogen and oxygen atoms in total. The lowest BCUT2D eigenvalue weighted by molar-refractivity contribution is -0.0311. The van der Waals surface area contributed by atoms with Crippen LogP contribution in [0.4, 0.5) is 0 Å². The van der Waals surface area contributed by atoms with Gasteiger partial charge in [-0.1, -0.05) is 13.3 Å². The van der Waals surface area contributed by atoms with Gasteiger partial charge in [0.05, 0.1) is 6.61 Å². The maximum absolute atomic E-state index is 5.54. The van der Waals surface area contributed by atoms with E-state index in [4.69, 9.17) is 4.74 Å². The average Bonchev–Trinajstić information content (AvgIpc) is 2.04. The van der Waals surface area contributed by atoms with Gasteiger partial charge in [-0.25, -0.2) is 0 Å². The maximum Gasteiger partial charge on any atom is 0.140 e. The number of rotatable bonds is 3. The van der Waals surface area contributed by atoms with Crippen LogP contribution in [0.3, 0.4) is 0 Å². The molecule has 0 bridgehead atoms. The van der Waals surface area contributed by atoms with E-state index < -0.39 is 0 Å². The van der Waals surface area contributed by atoms with E-state index in [9.17, 15) is 0 Å². The van der Waals surface area contributed by atoms with Crippen LogP contribution in [0.25, 0.3) is 0 Å². The van der Waals surface area contributed by atoms with Gasteiger partial charge in [0.1, 0.15) is 7.85 Å². The SMILES string of the molecule is BC1CN(C(C)(C)CCC)CCO1. The van der Waals surface area contributed by atoms with Gasteiger partial charge in [0, 0.05) is 24.6 Å². The van der Waals surface area contributed by atoms with E-state index in [1.807, 2.05) is 0 Å². The van der Waals surface area contributed by atoms with Crippen molar-refractivity contribution in [2.45, 2.75) is 45.2 Å². The highest BCUT2D eigenvalue weighted by Gasteiger charge is 2.29. The molecule has 1 unspecified atom stereocenters. The molecule has 1 rings (SSSR count). The first-order chi connectivity index (χ1) is 6.06. The first-order valence-corrected chi connectivity index (χ1v) is 5.43. The van der Waals surface area contributed by atoms with Gasteiger partial charge in [-0.05, 0) is 20.3 Å². The summed E-state index contributed by atoms with van der Waals surface area (Å²) in [5.41, 5.74) is 0.354. The van der Waals surface area contributed by atoms with E-state index in [2.05, 4.69) is 33.5 Å². The summed E-state index contributed by atoms with van der Waals surface area (Å²) in [5.74, 6) is 0. The molecule has 1 aliphatic heterocycles. The van der Waals surface area contributed by atoms with Gasteiger partial charge in [0.15, 0.2) is 0 Å². The van der Waals surface area contributed by atoms with E-state index in [0.717, 1.165) is 19.7 Å². The van der Waals surface area contributed by atoms with Crippen molar-refractivity contribution >= 4 is 7.85 Å². The molecule has 0 amide bonds. The Hall–Kier alpha value is -0.0151. The molecule has 0 spiro atoms. The van der Waals surface area contributed by atoms with Crippen molar-refractivity contribution in [2.24, 2.45) is 0 Å². The Kier molecular flexibility index (Phi) is 3.80. The third-order valence-corrected chi connectivity index (χ3v) is 2.96. The maximum atomic E-state index is 5.54. The van der Waals surface area contributed by atoms with Gasteiger partial charge in [-0.15, -0.1) is 0 Å². The molecule has 0 radical (unpaired) electrons. The van der Waals surface area contributed by atoms with Crippen LogP contribution >= 0.6 is 0 Å². The third kappa shape index (κ3) is 2.99. The third-order valence-electron chi connectivity index (χ3n) is 2.96. The minimum atomic E-state index is 0.354. The molecule has 0 aromatic carbocycles. The fourth-order valence-electron chi connectivity index (χ4n) is 2.14. The first kappa shape index (κ1) is 11.1. The molecule has 0 saturated carbocycles. The van der Waals surface area contributed by atoms with Gasteiger partial charge < -0.3 is 4.74 Å². The lowest BCUT2D eigenvalue weighted by Gasteiger charge is -2.43. The first-order valence-electron chi connectivity index (χ1n) is 5.43. The van der Waals surface area contributed by atoms with E-state index in [-0.39, 0.29) is 0 Å². The summed E-state index contributed by atoms with van der Waals surface area (Å²) < 4.78 is 5.54. The van der Waals surface area contributed by atoms with Crippen LogP contribution in [0, 0.1) is 0 Å². The quantitative estimate of drug-likeness (QED) is 0.601. The Morgan fingerprint density at radius 1 is 1.54 bits per heavy atom. The zero-order chi connectivity index (χ0) is 9.90. The van der Waals surface area contributed by atoms with Crippen LogP contribution < -0.4 is 0 Å². The summed E-state index contributed by atoms with van der Waals surface area (Å²) in [6.07, 6.45) is 2.54. The smallest absolute Gasteiger partial charge is 0.140 e. The minimum absolute atomic E-state index is 0.354. The summed E-state index contributed by atoms with van der Waals surface area (Å²) in [6.45, 7) is 10.0. The van der Waals surface area contributed by atoms with Crippen LogP contribution in [0.5, 0.6) is 0 Å². The second kappa shape index (κ2) is 4.47. The van der Waals surface area contributed by atoms with Crippen molar-refractivity contribution in [3.8, 4) is 0 Å². The molecule has 0 N–H and O–H groups in total. The molecule has 1 heterocycles. The number of hydrogen-bond acceptors (Lipinski definition) is 2. The molecule has 0 aromatic rings. The zero-order valence-corrected chi connectivity index (χ0v) is 9.47. The average molecular weight is 183 g/mol.